The van der Waals surface area contributed by atoms with E-state index in [-0.39, 0.29) is 0 Å². The van der Waals surface area contributed by atoms with Crippen LogP contribution in [-0.2, 0) is 6.54 Å². The van der Waals surface area contributed by atoms with Gasteiger partial charge in [-0.2, -0.15) is 11.3 Å². The number of thiophene rings is 1. The number of unbranched alkanes of at least 4 members (excludes halogenated alkanes) is 4. The maximum atomic E-state index is 5.46. The minimum atomic E-state index is 0.845. The molecule has 0 unspecified atom stereocenters. The zero-order valence-corrected chi connectivity index (χ0v) is 11.1. The molecule has 2 nitrogen and oxygen atoms in total. The zero-order valence-electron chi connectivity index (χ0n) is 10.3. The van der Waals surface area contributed by atoms with Gasteiger partial charge in [0, 0.05) is 6.54 Å². The highest BCUT2D eigenvalue weighted by molar-refractivity contribution is 7.07. The average molecular weight is 240 g/mol. The summed E-state index contributed by atoms with van der Waals surface area (Å²) in [4.78, 5) is 2.41. The summed E-state index contributed by atoms with van der Waals surface area (Å²) in [5.41, 5.74) is 6.90. The molecule has 0 saturated carbocycles. The second-order valence-electron chi connectivity index (χ2n) is 4.43. The first-order valence-corrected chi connectivity index (χ1v) is 7.17. The van der Waals surface area contributed by atoms with Crippen molar-refractivity contribution in [3.05, 3.63) is 22.4 Å². The van der Waals surface area contributed by atoms with Gasteiger partial charge in [-0.1, -0.05) is 19.3 Å². The quantitative estimate of drug-likeness (QED) is 0.672. The third-order valence-corrected chi connectivity index (χ3v) is 3.51. The lowest BCUT2D eigenvalue weighted by molar-refractivity contribution is 0.317. The molecule has 1 aromatic rings. The molecule has 16 heavy (non-hydrogen) atoms. The Morgan fingerprint density at radius 3 is 2.62 bits per heavy atom. The van der Waals surface area contributed by atoms with Crippen molar-refractivity contribution in [1.29, 1.82) is 0 Å². The monoisotopic (exact) mass is 240 g/mol. The molecule has 0 aliphatic heterocycles. The van der Waals surface area contributed by atoms with E-state index in [4.69, 9.17) is 5.73 Å². The number of nitrogens with zero attached hydrogens (tertiary/aromatic N) is 1. The molecular weight excluding hydrogens is 216 g/mol. The number of nitrogens with two attached hydrogens (primary N) is 1. The van der Waals surface area contributed by atoms with E-state index in [1.165, 1.54) is 44.2 Å². The van der Waals surface area contributed by atoms with Gasteiger partial charge in [0.25, 0.3) is 0 Å². The fourth-order valence-electron chi connectivity index (χ4n) is 1.83. The highest BCUT2D eigenvalue weighted by Gasteiger charge is 2.00. The summed E-state index contributed by atoms with van der Waals surface area (Å²) in [7, 11) is 2.21. The molecule has 1 heterocycles. The van der Waals surface area contributed by atoms with Crippen molar-refractivity contribution in [3.8, 4) is 0 Å². The standard InChI is InChI=1S/C13H24N2S/c1-15(11-13-7-10-16-12-13)9-6-4-2-3-5-8-14/h7,10,12H,2-6,8-9,11,14H2,1H3. The van der Waals surface area contributed by atoms with Crippen LogP contribution in [0.25, 0.3) is 0 Å². The van der Waals surface area contributed by atoms with Gasteiger partial charge in [0.15, 0.2) is 0 Å². The average Bonchev–Trinajstić information content (AvgIpc) is 2.76. The lowest BCUT2D eigenvalue weighted by Gasteiger charge is -2.15. The van der Waals surface area contributed by atoms with Gasteiger partial charge in [0.05, 0.1) is 0 Å². The topological polar surface area (TPSA) is 29.3 Å². The van der Waals surface area contributed by atoms with Crippen molar-refractivity contribution < 1.29 is 0 Å². The molecule has 0 radical (unpaired) electrons. The van der Waals surface area contributed by atoms with Crippen LogP contribution in [0.2, 0.25) is 0 Å². The Kier molecular flexibility index (Phi) is 7.47. The Morgan fingerprint density at radius 1 is 1.19 bits per heavy atom. The van der Waals surface area contributed by atoms with Gasteiger partial charge in [-0.05, 0) is 55.4 Å². The van der Waals surface area contributed by atoms with Crippen molar-refractivity contribution in [3.63, 3.8) is 0 Å². The van der Waals surface area contributed by atoms with Gasteiger partial charge in [-0.25, -0.2) is 0 Å². The van der Waals surface area contributed by atoms with Gasteiger partial charge in [-0.3, -0.25) is 0 Å². The van der Waals surface area contributed by atoms with Crippen LogP contribution in [0.5, 0.6) is 0 Å². The lowest BCUT2D eigenvalue weighted by Crippen LogP contribution is -2.18. The minimum Gasteiger partial charge on any atom is -0.330 e. The fraction of sp³-hybridized carbons (Fsp3) is 0.692. The van der Waals surface area contributed by atoms with Crippen LogP contribution < -0.4 is 5.73 Å². The Bertz CT molecular complexity index is 246. The maximum Gasteiger partial charge on any atom is 0.0238 e. The number of hydrogen-bond donors (Lipinski definition) is 1. The Hall–Kier alpha value is -0.380. The molecule has 1 aromatic heterocycles. The molecule has 0 saturated heterocycles. The summed E-state index contributed by atoms with van der Waals surface area (Å²) in [5, 5.41) is 4.38. The first-order valence-electron chi connectivity index (χ1n) is 6.22. The van der Waals surface area contributed by atoms with E-state index in [1.807, 2.05) is 0 Å². The van der Waals surface area contributed by atoms with E-state index in [2.05, 4.69) is 28.8 Å². The molecule has 0 aliphatic rings. The number of hydrogen-bond acceptors (Lipinski definition) is 3. The second-order valence-corrected chi connectivity index (χ2v) is 5.21. The predicted octanol–water partition coefficient (Wildman–Crippen LogP) is 3.09. The molecular formula is C13H24N2S. The van der Waals surface area contributed by atoms with Crippen LogP contribution in [0.4, 0.5) is 0 Å². The van der Waals surface area contributed by atoms with E-state index < -0.39 is 0 Å². The van der Waals surface area contributed by atoms with Crippen LogP contribution >= 0.6 is 11.3 Å². The van der Waals surface area contributed by atoms with Crippen LogP contribution in [-0.4, -0.2) is 25.0 Å². The highest BCUT2D eigenvalue weighted by atomic mass is 32.1. The largest absolute Gasteiger partial charge is 0.330 e. The maximum absolute atomic E-state index is 5.46. The van der Waals surface area contributed by atoms with Gasteiger partial charge < -0.3 is 10.6 Å². The van der Waals surface area contributed by atoms with E-state index >= 15 is 0 Å². The predicted molar refractivity (Wildman–Crippen MR) is 72.8 cm³/mol. The van der Waals surface area contributed by atoms with Crippen LogP contribution in [0.1, 0.15) is 37.7 Å². The summed E-state index contributed by atoms with van der Waals surface area (Å²) in [6, 6.07) is 2.21. The molecule has 3 heteroatoms. The summed E-state index contributed by atoms with van der Waals surface area (Å²) >= 11 is 1.78. The molecule has 2 N–H and O–H groups in total. The molecule has 0 bridgehead atoms. The van der Waals surface area contributed by atoms with Crippen molar-refractivity contribution in [2.45, 2.75) is 38.6 Å². The molecule has 0 spiro atoms. The lowest BCUT2D eigenvalue weighted by atomic mass is 10.1. The Labute approximate surface area is 103 Å². The third-order valence-electron chi connectivity index (χ3n) is 2.78. The van der Waals surface area contributed by atoms with Gasteiger partial charge >= 0.3 is 0 Å². The summed E-state index contributed by atoms with van der Waals surface area (Å²) in [6.45, 7) is 3.14. The van der Waals surface area contributed by atoms with Gasteiger partial charge in [0.1, 0.15) is 0 Å². The zero-order chi connectivity index (χ0) is 11.6. The van der Waals surface area contributed by atoms with Crippen LogP contribution in [0.15, 0.2) is 16.8 Å². The van der Waals surface area contributed by atoms with Crippen molar-refractivity contribution in [2.24, 2.45) is 5.73 Å². The van der Waals surface area contributed by atoms with Crippen molar-refractivity contribution >= 4 is 11.3 Å². The smallest absolute Gasteiger partial charge is 0.0238 e. The fourth-order valence-corrected chi connectivity index (χ4v) is 2.49. The highest BCUT2D eigenvalue weighted by Crippen LogP contribution is 2.09. The van der Waals surface area contributed by atoms with Crippen molar-refractivity contribution in [2.75, 3.05) is 20.1 Å². The second kappa shape index (κ2) is 8.74. The number of rotatable bonds is 9. The molecule has 1 rings (SSSR count). The summed E-state index contributed by atoms with van der Waals surface area (Å²) in [6.07, 6.45) is 6.47. The SMILES string of the molecule is CN(CCCCCCCN)Cc1ccsc1. The van der Waals surface area contributed by atoms with Crippen molar-refractivity contribution in [1.82, 2.24) is 4.90 Å². The molecule has 0 aromatic carbocycles. The third kappa shape index (κ3) is 6.26. The van der Waals surface area contributed by atoms with Gasteiger partial charge in [-0.15, -0.1) is 0 Å². The van der Waals surface area contributed by atoms with Gasteiger partial charge in [0.2, 0.25) is 0 Å². The molecule has 0 aliphatic carbocycles. The Morgan fingerprint density at radius 2 is 1.94 bits per heavy atom. The first-order chi connectivity index (χ1) is 7.83. The molecule has 0 atom stereocenters. The van der Waals surface area contributed by atoms with E-state index in [9.17, 15) is 0 Å². The summed E-state index contributed by atoms with van der Waals surface area (Å²) in [5.74, 6) is 0. The van der Waals surface area contributed by atoms with E-state index in [0.29, 0.717) is 0 Å². The van der Waals surface area contributed by atoms with Crippen LogP contribution in [0.3, 0.4) is 0 Å². The molecule has 92 valence electrons. The normalized spacial score (nSPS) is 11.2. The Balaban J connectivity index is 1.96. The molecule has 0 amide bonds. The summed E-state index contributed by atoms with van der Waals surface area (Å²) < 4.78 is 0. The molecule has 0 fully saturated rings. The van der Waals surface area contributed by atoms with Crippen LogP contribution in [0, 0.1) is 0 Å². The van der Waals surface area contributed by atoms with E-state index in [1.54, 1.807) is 11.3 Å². The van der Waals surface area contributed by atoms with E-state index in [0.717, 1.165) is 13.1 Å². The first kappa shape index (κ1) is 13.7. The minimum absolute atomic E-state index is 0.845.